The van der Waals surface area contributed by atoms with Crippen LogP contribution in [0.15, 0.2) is 42.5 Å². The van der Waals surface area contributed by atoms with Gasteiger partial charge >= 0.3 is 0 Å². The van der Waals surface area contributed by atoms with Gasteiger partial charge in [0.2, 0.25) is 0 Å². The predicted octanol–water partition coefficient (Wildman–Crippen LogP) is 3.40. The zero-order valence-corrected chi connectivity index (χ0v) is 16.1. The van der Waals surface area contributed by atoms with Crippen LogP contribution in [0.1, 0.15) is 29.8 Å². The Balaban J connectivity index is 1.96. The molecule has 148 valence electrons. The Morgan fingerprint density at radius 3 is 2.32 bits per heavy atom. The van der Waals surface area contributed by atoms with Crippen LogP contribution < -0.4 is 10.1 Å². The van der Waals surface area contributed by atoms with E-state index in [4.69, 9.17) is 4.74 Å². The Kier molecular flexibility index (Phi) is 7.08. The van der Waals surface area contributed by atoms with Crippen LogP contribution in [0.25, 0.3) is 0 Å². The van der Waals surface area contributed by atoms with E-state index in [-0.39, 0.29) is 24.0 Å². The molecule has 0 aliphatic rings. The van der Waals surface area contributed by atoms with Gasteiger partial charge in [-0.05, 0) is 51.1 Å². The van der Waals surface area contributed by atoms with E-state index in [0.29, 0.717) is 29.9 Å². The van der Waals surface area contributed by atoms with Crippen LogP contribution in [0.5, 0.6) is 5.75 Å². The molecule has 2 rings (SSSR count). The normalized spacial score (nSPS) is 10.2. The van der Waals surface area contributed by atoms with Gasteiger partial charge in [-0.2, -0.15) is 0 Å². The van der Waals surface area contributed by atoms with E-state index in [9.17, 15) is 19.7 Å². The number of hydrogen-bond acceptors (Lipinski definition) is 5. The first-order chi connectivity index (χ1) is 13.4. The van der Waals surface area contributed by atoms with Crippen LogP contribution in [0.2, 0.25) is 0 Å². The zero-order chi connectivity index (χ0) is 20.7. The molecule has 8 heteroatoms. The number of hydrogen-bond donors (Lipinski definition) is 1. The first-order valence-electron chi connectivity index (χ1n) is 8.93. The van der Waals surface area contributed by atoms with Gasteiger partial charge in [0.05, 0.1) is 10.5 Å². The van der Waals surface area contributed by atoms with Crippen LogP contribution in [-0.4, -0.2) is 41.3 Å². The van der Waals surface area contributed by atoms with E-state index in [1.165, 1.54) is 12.1 Å². The second-order valence-electron chi connectivity index (χ2n) is 6.05. The van der Waals surface area contributed by atoms with Gasteiger partial charge in [0, 0.05) is 30.4 Å². The second-order valence-corrected chi connectivity index (χ2v) is 6.05. The molecule has 0 fully saturated rings. The average molecular weight is 385 g/mol. The van der Waals surface area contributed by atoms with E-state index in [2.05, 4.69) is 5.32 Å². The van der Waals surface area contributed by atoms with Crippen molar-refractivity contribution >= 4 is 23.2 Å². The minimum atomic E-state index is -0.497. The Labute approximate surface area is 163 Å². The molecule has 2 amide bonds. The number of nitro groups is 1. The molecule has 2 aromatic rings. The van der Waals surface area contributed by atoms with Crippen molar-refractivity contribution in [3.8, 4) is 5.75 Å². The molecule has 0 spiro atoms. The Morgan fingerprint density at radius 2 is 1.75 bits per heavy atom. The molecule has 8 nitrogen and oxygen atoms in total. The average Bonchev–Trinajstić information content (AvgIpc) is 2.68. The third-order valence-electron chi connectivity index (χ3n) is 4.28. The topological polar surface area (TPSA) is 102 Å². The highest BCUT2D eigenvalue weighted by molar-refractivity contribution is 5.96. The third kappa shape index (κ3) is 5.06. The summed E-state index contributed by atoms with van der Waals surface area (Å²) >= 11 is 0. The van der Waals surface area contributed by atoms with Crippen LogP contribution >= 0.6 is 0 Å². The Bertz CT molecular complexity index is 861. The number of nitrogens with one attached hydrogen (secondary N) is 1. The van der Waals surface area contributed by atoms with Crippen molar-refractivity contribution in [1.82, 2.24) is 4.90 Å². The molecule has 0 radical (unpaired) electrons. The number of nitrogens with zero attached hydrogens (tertiary/aromatic N) is 2. The molecular weight excluding hydrogens is 362 g/mol. The maximum Gasteiger partial charge on any atom is 0.276 e. The number of carbonyl (C=O) groups excluding carboxylic acids is 2. The molecular formula is C20H23N3O5. The molecule has 0 unspecified atom stereocenters. The quantitative estimate of drug-likeness (QED) is 0.554. The molecule has 0 heterocycles. The smallest absolute Gasteiger partial charge is 0.276 e. The summed E-state index contributed by atoms with van der Waals surface area (Å²) in [5, 5.41) is 13.6. The van der Waals surface area contributed by atoms with Gasteiger partial charge in [-0.3, -0.25) is 19.7 Å². The van der Waals surface area contributed by atoms with Crippen molar-refractivity contribution in [2.75, 3.05) is 25.0 Å². The van der Waals surface area contributed by atoms with Gasteiger partial charge < -0.3 is 15.0 Å². The fraction of sp³-hybridized carbons (Fsp3) is 0.300. The summed E-state index contributed by atoms with van der Waals surface area (Å²) in [5.41, 5.74) is 1.37. The standard InChI is InChI=1S/C20H23N3O5/c1-4-22(5-2)20(25)15-9-11-16(12-10-15)21-19(24)13-28-18-8-6-7-17(14(18)3)23(26)27/h6-12H,4-5,13H2,1-3H3,(H,21,24). The van der Waals surface area contributed by atoms with Crippen molar-refractivity contribution in [2.45, 2.75) is 20.8 Å². The molecule has 0 bridgehead atoms. The Hall–Kier alpha value is -3.42. The number of ether oxygens (including phenoxy) is 1. The lowest BCUT2D eigenvalue weighted by Gasteiger charge is -2.18. The minimum Gasteiger partial charge on any atom is -0.483 e. The van der Waals surface area contributed by atoms with Crippen LogP contribution in [0.4, 0.5) is 11.4 Å². The maximum atomic E-state index is 12.3. The van der Waals surface area contributed by atoms with Crippen molar-refractivity contribution in [2.24, 2.45) is 0 Å². The van der Waals surface area contributed by atoms with E-state index in [0.717, 1.165) is 0 Å². The highest BCUT2D eigenvalue weighted by atomic mass is 16.6. The highest BCUT2D eigenvalue weighted by Crippen LogP contribution is 2.26. The number of anilines is 1. The molecule has 28 heavy (non-hydrogen) atoms. The summed E-state index contributed by atoms with van der Waals surface area (Å²) in [7, 11) is 0. The van der Waals surface area contributed by atoms with Crippen molar-refractivity contribution in [3.63, 3.8) is 0 Å². The largest absolute Gasteiger partial charge is 0.483 e. The van der Waals surface area contributed by atoms with Gasteiger partial charge in [-0.15, -0.1) is 0 Å². The number of benzene rings is 2. The Morgan fingerprint density at radius 1 is 1.11 bits per heavy atom. The lowest BCUT2D eigenvalue weighted by Crippen LogP contribution is -2.30. The molecule has 0 aliphatic carbocycles. The molecule has 0 aliphatic heterocycles. The van der Waals surface area contributed by atoms with E-state index in [1.807, 2.05) is 13.8 Å². The second kappa shape index (κ2) is 9.50. The van der Waals surface area contributed by atoms with Crippen molar-refractivity contribution < 1.29 is 19.2 Å². The van der Waals surface area contributed by atoms with Gasteiger partial charge in [0.25, 0.3) is 17.5 Å². The van der Waals surface area contributed by atoms with E-state index >= 15 is 0 Å². The number of amides is 2. The van der Waals surface area contributed by atoms with Gasteiger partial charge in [-0.25, -0.2) is 0 Å². The summed E-state index contributed by atoms with van der Waals surface area (Å²) in [6, 6.07) is 11.1. The zero-order valence-electron chi connectivity index (χ0n) is 16.1. The highest BCUT2D eigenvalue weighted by Gasteiger charge is 2.15. The number of nitro benzene ring substituents is 1. The van der Waals surface area contributed by atoms with Crippen molar-refractivity contribution in [3.05, 3.63) is 63.7 Å². The molecule has 0 atom stereocenters. The lowest BCUT2D eigenvalue weighted by atomic mass is 10.1. The van der Waals surface area contributed by atoms with Crippen LogP contribution in [0, 0.1) is 17.0 Å². The SMILES string of the molecule is CCN(CC)C(=O)c1ccc(NC(=O)COc2cccc([N+](=O)[O-])c2C)cc1. The third-order valence-corrected chi connectivity index (χ3v) is 4.28. The fourth-order valence-electron chi connectivity index (χ4n) is 2.69. The summed E-state index contributed by atoms with van der Waals surface area (Å²) in [6.45, 7) is 6.36. The number of rotatable bonds is 8. The minimum absolute atomic E-state index is 0.0626. The van der Waals surface area contributed by atoms with E-state index < -0.39 is 10.8 Å². The molecule has 2 aromatic carbocycles. The van der Waals surface area contributed by atoms with Gasteiger partial charge in [-0.1, -0.05) is 6.07 Å². The first-order valence-corrected chi connectivity index (χ1v) is 8.93. The molecule has 0 saturated carbocycles. The fourth-order valence-corrected chi connectivity index (χ4v) is 2.69. The summed E-state index contributed by atoms with van der Waals surface area (Å²) in [6.07, 6.45) is 0. The number of carbonyl (C=O) groups is 2. The van der Waals surface area contributed by atoms with Crippen LogP contribution in [0.3, 0.4) is 0 Å². The van der Waals surface area contributed by atoms with E-state index in [1.54, 1.807) is 42.2 Å². The summed E-state index contributed by atoms with van der Waals surface area (Å²) in [5.74, 6) is -0.189. The van der Waals surface area contributed by atoms with Crippen molar-refractivity contribution in [1.29, 1.82) is 0 Å². The molecule has 0 saturated heterocycles. The summed E-state index contributed by atoms with van der Waals surface area (Å²) in [4.78, 5) is 36.5. The van der Waals surface area contributed by atoms with Crippen LogP contribution in [-0.2, 0) is 4.79 Å². The maximum absolute atomic E-state index is 12.3. The molecule has 1 N–H and O–H groups in total. The predicted molar refractivity (Wildman–Crippen MR) is 106 cm³/mol. The monoisotopic (exact) mass is 385 g/mol. The lowest BCUT2D eigenvalue weighted by molar-refractivity contribution is -0.385. The van der Waals surface area contributed by atoms with Gasteiger partial charge in [0.1, 0.15) is 5.75 Å². The molecule has 0 aromatic heterocycles. The summed E-state index contributed by atoms with van der Waals surface area (Å²) < 4.78 is 5.41. The van der Waals surface area contributed by atoms with Gasteiger partial charge in [0.15, 0.2) is 6.61 Å². The first kappa shape index (κ1) is 20.9.